The fourth-order valence-electron chi connectivity index (χ4n) is 1.81. The van der Waals surface area contributed by atoms with Crippen molar-refractivity contribution in [3.8, 4) is 0 Å². The lowest BCUT2D eigenvalue weighted by molar-refractivity contribution is 0.0593. The molecule has 0 bridgehead atoms. The largest absolute Gasteiger partial charge is 0.464 e. The molecule has 1 aliphatic carbocycles. The summed E-state index contributed by atoms with van der Waals surface area (Å²) in [6.07, 6.45) is 3.59. The van der Waals surface area contributed by atoms with E-state index in [-0.39, 0.29) is 12.0 Å². The molecule has 4 heteroatoms. The Bertz CT molecular complexity index is 343. The minimum atomic E-state index is -0.310. The zero-order valence-electron chi connectivity index (χ0n) is 7.46. The van der Waals surface area contributed by atoms with Gasteiger partial charge < -0.3 is 15.5 Å². The lowest BCUT2D eigenvalue weighted by Gasteiger charge is -1.97. The molecule has 0 aliphatic heterocycles. The van der Waals surface area contributed by atoms with E-state index in [4.69, 9.17) is 5.73 Å². The van der Waals surface area contributed by atoms with Crippen LogP contribution in [0.4, 0.5) is 0 Å². The normalized spacial score (nSPS) is 20.0. The van der Waals surface area contributed by atoms with Crippen molar-refractivity contribution in [3.63, 3.8) is 0 Å². The molecule has 70 valence electrons. The quantitative estimate of drug-likeness (QED) is 0.626. The SMILES string of the molecule is COC(=O)c1[nH]cc2c1CCC2N. The van der Waals surface area contributed by atoms with Gasteiger partial charge in [-0.25, -0.2) is 4.79 Å². The third-order valence-corrected chi connectivity index (χ3v) is 2.52. The van der Waals surface area contributed by atoms with Crippen molar-refractivity contribution < 1.29 is 9.53 Å². The number of fused-ring (bicyclic) bond motifs is 1. The van der Waals surface area contributed by atoms with Crippen LogP contribution in [0, 0.1) is 0 Å². The third kappa shape index (κ3) is 1.14. The molecule has 1 atom stereocenters. The first-order valence-corrected chi connectivity index (χ1v) is 4.28. The number of hydrogen-bond donors (Lipinski definition) is 2. The molecular weight excluding hydrogens is 168 g/mol. The van der Waals surface area contributed by atoms with E-state index in [1.54, 1.807) is 6.20 Å². The smallest absolute Gasteiger partial charge is 0.354 e. The van der Waals surface area contributed by atoms with Crippen LogP contribution in [0.2, 0.25) is 0 Å². The molecule has 1 heterocycles. The first kappa shape index (κ1) is 8.31. The minimum absolute atomic E-state index is 0.0738. The highest BCUT2D eigenvalue weighted by Gasteiger charge is 2.26. The van der Waals surface area contributed by atoms with Crippen LogP contribution in [0.25, 0.3) is 0 Å². The monoisotopic (exact) mass is 180 g/mol. The molecule has 0 saturated heterocycles. The number of H-pyrrole nitrogens is 1. The first-order valence-electron chi connectivity index (χ1n) is 4.28. The standard InChI is InChI=1S/C9H12N2O2/c1-13-9(12)8-5-2-3-7(10)6(5)4-11-8/h4,7,11H,2-3,10H2,1H3. The molecule has 13 heavy (non-hydrogen) atoms. The highest BCUT2D eigenvalue weighted by atomic mass is 16.5. The Labute approximate surface area is 76.1 Å². The van der Waals surface area contributed by atoms with Crippen LogP contribution in [-0.2, 0) is 11.2 Å². The van der Waals surface area contributed by atoms with Gasteiger partial charge in [-0.2, -0.15) is 0 Å². The summed E-state index contributed by atoms with van der Waals surface area (Å²) in [7, 11) is 1.38. The number of aromatic nitrogens is 1. The molecule has 0 amide bonds. The number of nitrogens with two attached hydrogens (primary N) is 1. The van der Waals surface area contributed by atoms with Crippen LogP contribution in [0.1, 0.15) is 34.1 Å². The van der Waals surface area contributed by atoms with E-state index in [2.05, 4.69) is 9.72 Å². The summed E-state index contributed by atoms with van der Waals surface area (Å²) >= 11 is 0. The number of methoxy groups -OCH3 is 1. The van der Waals surface area contributed by atoms with Crippen molar-refractivity contribution in [2.45, 2.75) is 18.9 Å². The number of aromatic amines is 1. The van der Waals surface area contributed by atoms with Gasteiger partial charge in [0.15, 0.2) is 0 Å². The fourth-order valence-corrected chi connectivity index (χ4v) is 1.81. The number of ether oxygens (including phenoxy) is 1. The van der Waals surface area contributed by atoms with E-state index < -0.39 is 0 Å². The molecule has 1 aliphatic rings. The molecule has 0 radical (unpaired) electrons. The van der Waals surface area contributed by atoms with Gasteiger partial charge in [0.1, 0.15) is 5.69 Å². The van der Waals surface area contributed by atoms with E-state index >= 15 is 0 Å². The van der Waals surface area contributed by atoms with Crippen LogP contribution >= 0.6 is 0 Å². The maximum atomic E-state index is 11.2. The summed E-state index contributed by atoms with van der Waals surface area (Å²) in [6.45, 7) is 0. The molecule has 2 rings (SSSR count). The first-order chi connectivity index (χ1) is 6.24. The van der Waals surface area contributed by atoms with Crippen LogP contribution in [-0.4, -0.2) is 18.1 Å². The molecule has 1 unspecified atom stereocenters. The minimum Gasteiger partial charge on any atom is -0.464 e. The fraction of sp³-hybridized carbons (Fsp3) is 0.444. The van der Waals surface area contributed by atoms with Gasteiger partial charge in [0.25, 0.3) is 0 Å². The van der Waals surface area contributed by atoms with Crippen molar-refractivity contribution in [1.82, 2.24) is 4.98 Å². The topological polar surface area (TPSA) is 68.1 Å². The van der Waals surface area contributed by atoms with Crippen LogP contribution in [0.3, 0.4) is 0 Å². The summed E-state index contributed by atoms with van der Waals surface area (Å²) in [5.74, 6) is -0.310. The molecule has 0 aromatic carbocycles. The summed E-state index contributed by atoms with van der Waals surface area (Å²) in [5.41, 5.74) is 8.47. The van der Waals surface area contributed by atoms with Gasteiger partial charge in [-0.15, -0.1) is 0 Å². The van der Waals surface area contributed by atoms with Crippen molar-refractivity contribution in [2.75, 3.05) is 7.11 Å². The second-order valence-corrected chi connectivity index (χ2v) is 3.23. The van der Waals surface area contributed by atoms with Gasteiger partial charge in [0, 0.05) is 12.2 Å². The lowest BCUT2D eigenvalue weighted by Crippen LogP contribution is -2.04. The van der Waals surface area contributed by atoms with Crippen molar-refractivity contribution in [2.24, 2.45) is 5.73 Å². The Balaban J connectivity index is 2.40. The van der Waals surface area contributed by atoms with E-state index in [9.17, 15) is 4.79 Å². The Hall–Kier alpha value is -1.29. The van der Waals surface area contributed by atoms with E-state index in [0.717, 1.165) is 24.0 Å². The summed E-state index contributed by atoms with van der Waals surface area (Å²) < 4.78 is 4.64. The number of carbonyl (C=O) groups is 1. The number of rotatable bonds is 1. The van der Waals surface area contributed by atoms with Gasteiger partial charge in [-0.3, -0.25) is 0 Å². The predicted octanol–water partition coefficient (Wildman–Crippen LogP) is 0.747. The van der Waals surface area contributed by atoms with Crippen LogP contribution in [0.5, 0.6) is 0 Å². The van der Waals surface area contributed by atoms with Crippen LogP contribution in [0.15, 0.2) is 6.20 Å². The molecule has 0 fully saturated rings. The molecule has 0 saturated carbocycles. The number of nitrogens with one attached hydrogen (secondary N) is 1. The zero-order chi connectivity index (χ0) is 9.42. The third-order valence-electron chi connectivity index (χ3n) is 2.52. The average molecular weight is 180 g/mol. The molecule has 3 N–H and O–H groups in total. The Morgan fingerprint density at radius 2 is 2.54 bits per heavy atom. The number of hydrogen-bond acceptors (Lipinski definition) is 3. The number of esters is 1. The Kier molecular flexibility index (Phi) is 1.84. The Morgan fingerprint density at radius 3 is 3.23 bits per heavy atom. The van der Waals surface area contributed by atoms with Gasteiger partial charge in [-0.1, -0.05) is 0 Å². The Morgan fingerprint density at radius 1 is 1.77 bits per heavy atom. The van der Waals surface area contributed by atoms with Crippen molar-refractivity contribution >= 4 is 5.97 Å². The average Bonchev–Trinajstić information content (AvgIpc) is 2.68. The second-order valence-electron chi connectivity index (χ2n) is 3.23. The van der Waals surface area contributed by atoms with Gasteiger partial charge in [0.05, 0.1) is 7.11 Å². The maximum Gasteiger partial charge on any atom is 0.354 e. The van der Waals surface area contributed by atoms with Crippen molar-refractivity contribution in [1.29, 1.82) is 0 Å². The molecule has 1 aromatic rings. The zero-order valence-corrected chi connectivity index (χ0v) is 7.46. The molecule has 1 aromatic heterocycles. The van der Waals surface area contributed by atoms with Crippen molar-refractivity contribution in [3.05, 3.63) is 23.0 Å². The van der Waals surface area contributed by atoms with E-state index in [1.807, 2.05) is 0 Å². The maximum absolute atomic E-state index is 11.2. The van der Waals surface area contributed by atoms with E-state index in [1.165, 1.54) is 7.11 Å². The summed E-state index contributed by atoms with van der Waals surface area (Å²) in [4.78, 5) is 14.1. The number of carbonyl (C=O) groups excluding carboxylic acids is 1. The van der Waals surface area contributed by atoms with Crippen LogP contribution < -0.4 is 5.73 Å². The highest BCUT2D eigenvalue weighted by Crippen LogP contribution is 2.31. The molecule has 0 spiro atoms. The predicted molar refractivity (Wildman–Crippen MR) is 47.4 cm³/mol. The highest BCUT2D eigenvalue weighted by molar-refractivity contribution is 5.89. The molecular formula is C9H12N2O2. The summed E-state index contributed by atoms with van der Waals surface area (Å²) in [6, 6.07) is 0.0738. The van der Waals surface area contributed by atoms with Gasteiger partial charge in [-0.05, 0) is 24.0 Å². The summed E-state index contributed by atoms with van der Waals surface area (Å²) in [5, 5.41) is 0. The lowest BCUT2D eigenvalue weighted by atomic mass is 10.2. The second kappa shape index (κ2) is 2.88. The van der Waals surface area contributed by atoms with E-state index in [0.29, 0.717) is 5.69 Å². The van der Waals surface area contributed by atoms with Gasteiger partial charge in [0.2, 0.25) is 0 Å². The molecule has 4 nitrogen and oxygen atoms in total. The van der Waals surface area contributed by atoms with Gasteiger partial charge >= 0.3 is 5.97 Å².